The first-order valence-corrected chi connectivity index (χ1v) is 8.86. The average molecular weight is 293 g/mol. The van der Waals surface area contributed by atoms with Crippen LogP contribution in [0.1, 0.15) is 26.3 Å². The van der Waals surface area contributed by atoms with Crippen molar-refractivity contribution in [2.75, 3.05) is 0 Å². The molecule has 16 heavy (non-hydrogen) atoms. The van der Waals surface area contributed by atoms with Gasteiger partial charge >= 0.3 is 109 Å². The predicted molar refractivity (Wildman–Crippen MR) is 58.5 cm³/mol. The molecule has 84 valence electrons. The van der Waals surface area contributed by atoms with E-state index >= 15 is 0 Å². The molecule has 0 unspecified atom stereocenters. The maximum absolute atomic E-state index is 11.5. The minimum absolute atomic E-state index is 0.102. The first kappa shape index (κ1) is 13.6. The summed E-state index contributed by atoms with van der Waals surface area (Å²) >= 11 is 4.38. The molecule has 0 spiro atoms. The Bertz CT molecular complexity index is 359. The molecule has 0 saturated heterocycles. The molecular weight excluding hydrogens is 279 g/mol. The molecule has 0 aliphatic carbocycles. The molecular formula is C11H14ClNO2Zn. The van der Waals surface area contributed by atoms with Crippen molar-refractivity contribution >= 4 is 17.6 Å². The Morgan fingerprint density at radius 2 is 2.19 bits per heavy atom. The summed E-state index contributed by atoms with van der Waals surface area (Å²) in [6.07, 6.45) is 1.73. The number of hydrogen-bond acceptors (Lipinski definition) is 3. The number of hydrogen-bond donors (Lipinski definition) is 0. The van der Waals surface area contributed by atoms with Gasteiger partial charge < -0.3 is 0 Å². The standard InChI is InChI=1S/C6H5ClN.C5H10O2.Zn/c1-5-2-3-6(7)8-4-5;1-5(2,3)4(6)7;/h2-4H,1H2;1-3H3,(H,6,7);/q;;+1/p-1. The zero-order valence-corrected chi connectivity index (χ0v) is 13.5. The van der Waals surface area contributed by atoms with Gasteiger partial charge in [-0.15, -0.1) is 0 Å². The Hall–Kier alpha value is -0.467. The summed E-state index contributed by atoms with van der Waals surface area (Å²) in [5.41, 5.74) is 0.690. The first-order valence-electron chi connectivity index (χ1n) is 5.17. The number of carbonyl (C=O) groups excluding carboxylic acids is 1. The molecule has 0 saturated carbocycles. The van der Waals surface area contributed by atoms with Gasteiger partial charge in [0.2, 0.25) is 0 Å². The number of pyridine rings is 1. The van der Waals surface area contributed by atoms with E-state index in [1.165, 1.54) is 0 Å². The van der Waals surface area contributed by atoms with E-state index in [1.54, 1.807) is 12.3 Å². The van der Waals surface area contributed by atoms with Gasteiger partial charge in [-0.05, 0) is 0 Å². The molecule has 1 rings (SSSR count). The average Bonchev–Trinajstić information content (AvgIpc) is 2.19. The zero-order chi connectivity index (χ0) is 12.2. The molecule has 5 heteroatoms. The van der Waals surface area contributed by atoms with Gasteiger partial charge in [-0.25, -0.2) is 0 Å². The molecule has 0 amide bonds. The molecule has 0 radical (unpaired) electrons. The molecule has 0 fully saturated rings. The van der Waals surface area contributed by atoms with Crippen LogP contribution in [0.4, 0.5) is 0 Å². The van der Waals surface area contributed by atoms with Crippen molar-refractivity contribution in [1.29, 1.82) is 0 Å². The van der Waals surface area contributed by atoms with Crippen molar-refractivity contribution in [2.45, 2.75) is 25.8 Å². The zero-order valence-electron chi connectivity index (χ0n) is 9.79. The fraction of sp³-hybridized carbons (Fsp3) is 0.455. The van der Waals surface area contributed by atoms with Gasteiger partial charge in [-0.2, -0.15) is 0 Å². The summed E-state index contributed by atoms with van der Waals surface area (Å²) in [5.74, 6) is -0.102. The van der Waals surface area contributed by atoms with E-state index in [9.17, 15) is 4.79 Å². The van der Waals surface area contributed by atoms with Crippen molar-refractivity contribution in [2.24, 2.45) is 5.41 Å². The minimum atomic E-state index is -1.29. The van der Waals surface area contributed by atoms with E-state index in [2.05, 4.69) is 4.98 Å². The van der Waals surface area contributed by atoms with Gasteiger partial charge in [0.15, 0.2) is 0 Å². The summed E-state index contributed by atoms with van der Waals surface area (Å²) in [6, 6.07) is 3.68. The van der Waals surface area contributed by atoms with Crippen LogP contribution in [0, 0.1) is 5.41 Å². The predicted octanol–water partition coefficient (Wildman–Crippen LogP) is 2.82. The molecule has 1 heterocycles. The summed E-state index contributed by atoms with van der Waals surface area (Å²) in [5, 5.41) is 1.34. The number of aromatic nitrogens is 1. The Morgan fingerprint density at radius 1 is 1.50 bits per heavy atom. The van der Waals surface area contributed by atoms with E-state index in [1.807, 2.05) is 26.8 Å². The maximum atomic E-state index is 11.5. The summed E-state index contributed by atoms with van der Waals surface area (Å²) in [4.78, 5) is 15.5. The van der Waals surface area contributed by atoms with Gasteiger partial charge in [0.1, 0.15) is 0 Å². The van der Waals surface area contributed by atoms with E-state index < -0.39 is 22.9 Å². The van der Waals surface area contributed by atoms with E-state index in [0.29, 0.717) is 5.15 Å². The third-order valence-corrected chi connectivity index (χ3v) is 4.87. The van der Waals surface area contributed by atoms with Crippen molar-refractivity contribution in [3.8, 4) is 0 Å². The van der Waals surface area contributed by atoms with Crippen molar-refractivity contribution in [3.63, 3.8) is 0 Å². The number of rotatable bonds is 3. The summed E-state index contributed by atoms with van der Waals surface area (Å²) in [6.45, 7) is 5.59. The Balaban J connectivity index is 2.36. The van der Waals surface area contributed by atoms with Gasteiger partial charge in [0, 0.05) is 0 Å². The molecule has 0 aromatic carbocycles. The topological polar surface area (TPSA) is 39.2 Å². The van der Waals surface area contributed by atoms with E-state index in [0.717, 1.165) is 10.6 Å². The van der Waals surface area contributed by atoms with Crippen LogP contribution >= 0.6 is 11.6 Å². The van der Waals surface area contributed by atoms with Crippen LogP contribution in [-0.2, 0) is 30.9 Å². The van der Waals surface area contributed by atoms with Gasteiger partial charge in [0.25, 0.3) is 0 Å². The molecule has 1 aromatic rings. The van der Waals surface area contributed by atoms with E-state index in [4.69, 9.17) is 15.2 Å². The molecule has 3 nitrogen and oxygen atoms in total. The second kappa shape index (κ2) is 5.74. The van der Waals surface area contributed by atoms with Gasteiger partial charge in [0.05, 0.1) is 0 Å². The summed E-state index contributed by atoms with van der Waals surface area (Å²) < 4.78 is 5.33. The molecule has 1 aromatic heterocycles. The fourth-order valence-corrected chi connectivity index (χ4v) is 3.77. The second-order valence-corrected chi connectivity index (χ2v) is 7.52. The van der Waals surface area contributed by atoms with Crippen LogP contribution in [0.15, 0.2) is 18.3 Å². The van der Waals surface area contributed by atoms with Crippen molar-refractivity contribution < 1.29 is 25.8 Å². The van der Waals surface area contributed by atoms with Crippen LogP contribution < -0.4 is 0 Å². The third kappa shape index (κ3) is 4.58. The first-order chi connectivity index (χ1) is 7.39. The third-order valence-electron chi connectivity index (χ3n) is 2.02. The molecule has 0 aliphatic rings. The van der Waals surface area contributed by atoms with Crippen LogP contribution in [0.25, 0.3) is 0 Å². The second-order valence-electron chi connectivity index (χ2n) is 4.63. The Morgan fingerprint density at radius 3 is 2.69 bits per heavy atom. The molecule has 0 bridgehead atoms. The summed E-state index contributed by atoms with van der Waals surface area (Å²) in [7, 11) is 0. The number of carbonyl (C=O) groups is 1. The van der Waals surface area contributed by atoms with Gasteiger partial charge in [-0.3, -0.25) is 0 Å². The molecule has 0 N–H and O–H groups in total. The van der Waals surface area contributed by atoms with Crippen LogP contribution in [0.3, 0.4) is 0 Å². The monoisotopic (exact) mass is 291 g/mol. The fourth-order valence-electron chi connectivity index (χ4n) is 1.03. The van der Waals surface area contributed by atoms with Crippen LogP contribution in [0.5, 0.6) is 0 Å². The molecule has 0 atom stereocenters. The quantitative estimate of drug-likeness (QED) is 0.635. The molecule has 0 aliphatic heterocycles. The van der Waals surface area contributed by atoms with E-state index in [-0.39, 0.29) is 5.97 Å². The van der Waals surface area contributed by atoms with Gasteiger partial charge in [-0.1, -0.05) is 0 Å². The SMILES string of the molecule is CC(C)(C)C(=O)[O][Zn][CH2]c1ccc(Cl)nc1. The van der Waals surface area contributed by atoms with Crippen LogP contribution in [-0.4, -0.2) is 11.0 Å². The van der Waals surface area contributed by atoms with Crippen molar-refractivity contribution in [1.82, 2.24) is 4.98 Å². The number of halogens is 1. The van der Waals surface area contributed by atoms with Crippen molar-refractivity contribution in [3.05, 3.63) is 29.0 Å². The number of nitrogens with zero attached hydrogens (tertiary/aromatic N) is 1. The normalized spacial score (nSPS) is 10.8. The Kier molecular flexibility index (Phi) is 4.88. The van der Waals surface area contributed by atoms with Crippen LogP contribution in [0.2, 0.25) is 5.15 Å². The Labute approximate surface area is 109 Å².